The van der Waals surface area contributed by atoms with E-state index in [-0.39, 0.29) is 5.91 Å². The fourth-order valence-electron chi connectivity index (χ4n) is 3.67. The lowest BCUT2D eigenvalue weighted by Gasteiger charge is -2.12. The molecule has 35 heavy (non-hydrogen) atoms. The van der Waals surface area contributed by atoms with Crippen molar-refractivity contribution < 1.29 is 14.3 Å². The summed E-state index contributed by atoms with van der Waals surface area (Å²) in [4.78, 5) is 12.3. The fourth-order valence-corrected chi connectivity index (χ4v) is 4.58. The van der Waals surface area contributed by atoms with Gasteiger partial charge in [0.05, 0.1) is 14.2 Å². The van der Waals surface area contributed by atoms with Crippen LogP contribution in [0.4, 0.5) is 0 Å². The Bertz CT molecular complexity index is 1320. The molecule has 7 nitrogen and oxygen atoms in total. The molecular formula is C27H26N4O3S. The number of carbonyl (C=O) groups is 1. The molecule has 1 saturated carbocycles. The Balaban J connectivity index is 1.40. The van der Waals surface area contributed by atoms with Gasteiger partial charge in [-0.1, -0.05) is 36.0 Å². The standard InChI is InChI=1S/C27H26N4O3S/c1-33-23-14-12-22(13-15-23)31-25(20-4-3-5-24(16-20)34-2)29-30-27(31)35-17-18-6-8-19(9-7-18)26(32)28-21-10-11-21/h3-9,12-16,21H,10-11,17H2,1-2H3,(H,28,32). The Kier molecular flexibility index (Phi) is 6.72. The smallest absolute Gasteiger partial charge is 0.251 e. The minimum atomic E-state index is -0.00566. The van der Waals surface area contributed by atoms with E-state index in [0.717, 1.165) is 52.1 Å². The Morgan fingerprint density at radius 3 is 2.40 bits per heavy atom. The topological polar surface area (TPSA) is 78.3 Å². The first-order chi connectivity index (χ1) is 17.1. The lowest BCUT2D eigenvalue weighted by Crippen LogP contribution is -2.25. The molecule has 5 rings (SSSR count). The van der Waals surface area contributed by atoms with Crippen LogP contribution in [0.25, 0.3) is 17.1 Å². The summed E-state index contributed by atoms with van der Waals surface area (Å²) in [7, 11) is 3.30. The first kappa shape index (κ1) is 23.0. The molecule has 0 aliphatic heterocycles. The zero-order valence-electron chi connectivity index (χ0n) is 19.6. The van der Waals surface area contributed by atoms with Crippen molar-refractivity contribution in [3.63, 3.8) is 0 Å². The largest absolute Gasteiger partial charge is 0.497 e. The number of benzene rings is 3. The summed E-state index contributed by atoms with van der Waals surface area (Å²) in [5.74, 6) is 2.95. The van der Waals surface area contributed by atoms with Crippen molar-refractivity contribution in [2.45, 2.75) is 29.8 Å². The molecule has 4 aromatic rings. The van der Waals surface area contributed by atoms with Gasteiger partial charge in [-0.2, -0.15) is 0 Å². The maximum atomic E-state index is 12.3. The van der Waals surface area contributed by atoms with Crippen molar-refractivity contribution in [2.24, 2.45) is 0 Å². The van der Waals surface area contributed by atoms with Gasteiger partial charge in [-0.3, -0.25) is 9.36 Å². The van der Waals surface area contributed by atoms with Gasteiger partial charge in [0.2, 0.25) is 0 Å². The monoisotopic (exact) mass is 486 g/mol. The molecule has 1 fully saturated rings. The quantitative estimate of drug-likeness (QED) is 0.330. The third-order valence-electron chi connectivity index (χ3n) is 5.79. The molecule has 178 valence electrons. The van der Waals surface area contributed by atoms with Crippen LogP contribution >= 0.6 is 11.8 Å². The van der Waals surface area contributed by atoms with E-state index in [2.05, 4.69) is 15.5 Å². The van der Waals surface area contributed by atoms with E-state index in [0.29, 0.717) is 17.4 Å². The SMILES string of the molecule is COc1ccc(-n2c(SCc3ccc(C(=O)NC4CC4)cc3)nnc2-c2cccc(OC)c2)cc1. The van der Waals surface area contributed by atoms with E-state index in [1.54, 1.807) is 26.0 Å². The molecule has 1 aromatic heterocycles. The predicted octanol–water partition coefficient (Wildman–Crippen LogP) is 5.14. The number of amides is 1. The Morgan fingerprint density at radius 1 is 0.971 bits per heavy atom. The van der Waals surface area contributed by atoms with E-state index >= 15 is 0 Å². The normalized spacial score (nSPS) is 12.9. The number of carbonyl (C=O) groups excluding carboxylic acids is 1. The van der Waals surface area contributed by atoms with Crippen molar-refractivity contribution in [1.29, 1.82) is 0 Å². The van der Waals surface area contributed by atoms with Gasteiger partial charge in [-0.25, -0.2) is 0 Å². The molecule has 0 unspecified atom stereocenters. The molecule has 0 spiro atoms. The number of methoxy groups -OCH3 is 2. The van der Waals surface area contributed by atoms with Crippen LogP contribution in [0.2, 0.25) is 0 Å². The van der Waals surface area contributed by atoms with Gasteiger partial charge in [-0.15, -0.1) is 10.2 Å². The Hall–Kier alpha value is -3.78. The average molecular weight is 487 g/mol. The number of aromatic nitrogens is 3. The van der Waals surface area contributed by atoms with Gasteiger partial charge in [-0.05, 0) is 66.9 Å². The number of ether oxygens (including phenoxy) is 2. The van der Waals surface area contributed by atoms with Crippen molar-refractivity contribution in [2.75, 3.05) is 14.2 Å². The lowest BCUT2D eigenvalue weighted by atomic mass is 10.1. The van der Waals surface area contributed by atoms with Gasteiger partial charge in [0.25, 0.3) is 5.91 Å². The molecule has 0 saturated heterocycles. The summed E-state index contributed by atoms with van der Waals surface area (Å²) in [5.41, 5.74) is 3.63. The first-order valence-corrected chi connectivity index (χ1v) is 12.4. The number of hydrogen-bond donors (Lipinski definition) is 1. The van der Waals surface area contributed by atoms with Crippen molar-refractivity contribution in [1.82, 2.24) is 20.1 Å². The van der Waals surface area contributed by atoms with Crippen LogP contribution < -0.4 is 14.8 Å². The zero-order chi connectivity index (χ0) is 24.2. The first-order valence-electron chi connectivity index (χ1n) is 11.4. The molecule has 1 aliphatic carbocycles. The maximum absolute atomic E-state index is 12.3. The van der Waals surface area contributed by atoms with E-state index in [1.165, 1.54) is 0 Å². The van der Waals surface area contributed by atoms with E-state index in [9.17, 15) is 4.79 Å². The van der Waals surface area contributed by atoms with Crippen molar-refractivity contribution in [3.05, 3.63) is 83.9 Å². The van der Waals surface area contributed by atoms with E-state index < -0.39 is 0 Å². The highest BCUT2D eigenvalue weighted by atomic mass is 32.2. The molecule has 1 aliphatic rings. The van der Waals surface area contributed by atoms with Crippen LogP contribution in [-0.4, -0.2) is 40.9 Å². The van der Waals surface area contributed by atoms with Crippen LogP contribution in [-0.2, 0) is 5.75 Å². The summed E-state index contributed by atoms with van der Waals surface area (Å²) < 4.78 is 12.8. The van der Waals surface area contributed by atoms with Gasteiger partial charge >= 0.3 is 0 Å². The highest BCUT2D eigenvalue weighted by Crippen LogP contribution is 2.32. The predicted molar refractivity (Wildman–Crippen MR) is 136 cm³/mol. The maximum Gasteiger partial charge on any atom is 0.251 e. The second kappa shape index (κ2) is 10.2. The lowest BCUT2D eigenvalue weighted by molar-refractivity contribution is 0.0951. The molecule has 0 radical (unpaired) electrons. The van der Waals surface area contributed by atoms with Crippen LogP contribution in [0.5, 0.6) is 11.5 Å². The number of hydrogen-bond acceptors (Lipinski definition) is 6. The third kappa shape index (κ3) is 5.33. The molecule has 0 bridgehead atoms. The number of rotatable bonds is 9. The second-order valence-electron chi connectivity index (χ2n) is 8.30. The van der Waals surface area contributed by atoms with Crippen LogP contribution in [0.15, 0.2) is 78.0 Å². The van der Waals surface area contributed by atoms with E-state index in [4.69, 9.17) is 9.47 Å². The van der Waals surface area contributed by atoms with Gasteiger partial charge in [0.1, 0.15) is 11.5 Å². The summed E-state index contributed by atoms with van der Waals surface area (Å²) in [5, 5.41) is 12.8. The summed E-state index contributed by atoms with van der Waals surface area (Å²) in [6.45, 7) is 0. The van der Waals surface area contributed by atoms with Crippen LogP contribution in [0.3, 0.4) is 0 Å². The zero-order valence-corrected chi connectivity index (χ0v) is 20.4. The number of nitrogens with zero attached hydrogens (tertiary/aromatic N) is 3. The molecule has 1 heterocycles. The van der Waals surface area contributed by atoms with E-state index in [1.807, 2.05) is 77.4 Å². The molecular weight excluding hydrogens is 460 g/mol. The van der Waals surface area contributed by atoms with Crippen molar-refractivity contribution >= 4 is 17.7 Å². The summed E-state index contributed by atoms with van der Waals surface area (Å²) >= 11 is 1.59. The highest BCUT2D eigenvalue weighted by molar-refractivity contribution is 7.98. The van der Waals surface area contributed by atoms with Crippen LogP contribution in [0.1, 0.15) is 28.8 Å². The minimum Gasteiger partial charge on any atom is -0.497 e. The number of nitrogens with one attached hydrogen (secondary N) is 1. The van der Waals surface area contributed by atoms with Gasteiger partial charge < -0.3 is 14.8 Å². The molecule has 3 aromatic carbocycles. The van der Waals surface area contributed by atoms with Crippen molar-refractivity contribution in [3.8, 4) is 28.6 Å². The molecule has 1 N–H and O–H groups in total. The van der Waals surface area contributed by atoms with Gasteiger partial charge in [0.15, 0.2) is 11.0 Å². The number of thioether (sulfide) groups is 1. The highest BCUT2D eigenvalue weighted by Gasteiger charge is 2.23. The summed E-state index contributed by atoms with van der Waals surface area (Å²) in [6, 6.07) is 23.7. The second-order valence-corrected chi connectivity index (χ2v) is 9.25. The molecule has 1 amide bonds. The van der Waals surface area contributed by atoms with Crippen LogP contribution in [0, 0.1) is 0 Å². The Labute approximate surface area is 208 Å². The third-order valence-corrected chi connectivity index (χ3v) is 6.79. The minimum absolute atomic E-state index is 0.00566. The average Bonchev–Trinajstić information content (AvgIpc) is 3.63. The molecule has 0 atom stereocenters. The Morgan fingerprint density at radius 2 is 1.71 bits per heavy atom. The van der Waals surface area contributed by atoms with Gasteiger partial charge in [0, 0.05) is 28.6 Å². The molecule has 8 heteroatoms. The summed E-state index contributed by atoms with van der Waals surface area (Å²) in [6.07, 6.45) is 2.15. The fraction of sp³-hybridized carbons (Fsp3) is 0.222.